The Hall–Kier alpha value is -1.35. The third kappa shape index (κ3) is 2.57. The van der Waals surface area contributed by atoms with Gasteiger partial charge >= 0.3 is 0 Å². The van der Waals surface area contributed by atoms with E-state index in [0.717, 1.165) is 5.56 Å². The minimum atomic E-state index is -0.242. The van der Waals surface area contributed by atoms with Crippen LogP contribution in [0.4, 0.5) is 10.1 Å². The average Bonchev–Trinajstić information content (AvgIpc) is 2.17. The lowest BCUT2D eigenvalue weighted by Gasteiger charge is -2.23. The third-order valence-corrected chi connectivity index (χ3v) is 2.29. The number of para-hydroxylation sites is 1. The summed E-state index contributed by atoms with van der Waals surface area (Å²) in [6, 6.07) is 4.80. The minimum absolute atomic E-state index is 0.178. The largest absolute Gasteiger partial charge is 0.368 e. The van der Waals surface area contributed by atoms with Gasteiger partial charge in [0.05, 0.1) is 5.69 Å². The van der Waals surface area contributed by atoms with Crippen molar-refractivity contribution in [3.8, 4) is 0 Å². The van der Waals surface area contributed by atoms with Crippen molar-refractivity contribution in [1.29, 1.82) is 0 Å². The second-order valence-electron chi connectivity index (χ2n) is 3.64. The SMILES string of the molecule is C=CCN(C)c1c(F)cccc1[C@H](C)N. The quantitative estimate of drug-likeness (QED) is 0.770. The molecule has 1 aromatic carbocycles. The van der Waals surface area contributed by atoms with E-state index >= 15 is 0 Å². The van der Waals surface area contributed by atoms with Crippen molar-refractivity contribution in [2.75, 3.05) is 18.5 Å². The fraction of sp³-hybridized carbons (Fsp3) is 0.333. The number of rotatable bonds is 4. The van der Waals surface area contributed by atoms with Crippen LogP contribution in [0, 0.1) is 5.82 Å². The summed E-state index contributed by atoms with van der Waals surface area (Å²) in [5, 5.41) is 0. The van der Waals surface area contributed by atoms with Crippen LogP contribution in [0.2, 0.25) is 0 Å². The molecule has 0 heterocycles. The van der Waals surface area contributed by atoms with Crippen molar-refractivity contribution in [1.82, 2.24) is 0 Å². The Labute approximate surface area is 90.2 Å². The maximum Gasteiger partial charge on any atom is 0.146 e. The molecule has 2 nitrogen and oxygen atoms in total. The molecule has 0 unspecified atom stereocenters. The standard InChI is InChI=1S/C12H17FN2/c1-4-8-15(3)12-10(9(2)14)6-5-7-11(12)13/h4-7,9H,1,8,14H2,2-3H3/t9-/m0/s1. The number of halogens is 1. The molecular formula is C12H17FN2. The molecule has 0 amide bonds. The van der Waals surface area contributed by atoms with Gasteiger partial charge in [0, 0.05) is 19.6 Å². The molecule has 3 heteroatoms. The van der Waals surface area contributed by atoms with Gasteiger partial charge in [0.2, 0.25) is 0 Å². The molecule has 0 saturated carbocycles. The summed E-state index contributed by atoms with van der Waals surface area (Å²) in [4.78, 5) is 1.81. The van der Waals surface area contributed by atoms with Gasteiger partial charge in [-0.3, -0.25) is 0 Å². The molecule has 0 saturated heterocycles. The lowest BCUT2D eigenvalue weighted by Crippen LogP contribution is -2.21. The van der Waals surface area contributed by atoms with Crippen LogP contribution in [0.15, 0.2) is 30.9 Å². The van der Waals surface area contributed by atoms with Crippen LogP contribution in [-0.2, 0) is 0 Å². The van der Waals surface area contributed by atoms with E-state index < -0.39 is 0 Å². The first-order chi connectivity index (χ1) is 7.07. The molecule has 1 atom stereocenters. The molecule has 0 aliphatic rings. The van der Waals surface area contributed by atoms with Crippen molar-refractivity contribution in [3.63, 3.8) is 0 Å². The Morgan fingerprint density at radius 1 is 1.60 bits per heavy atom. The molecule has 0 bridgehead atoms. The van der Waals surface area contributed by atoms with Crippen molar-refractivity contribution in [3.05, 3.63) is 42.2 Å². The van der Waals surface area contributed by atoms with Crippen LogP contribution < -0.4 is 10.6 Å². The lowest BCUT2D eigenvalue weighted by atomic mass is 10.1. The van der Waals surface area contributed by atoms with Crippen LogP contribution in [0.1, 0.15) is 18.5 Å². The van der Waals surface area contributed by atoms with Crippen molar-refractivity contribution in [2.24, 2.45) is 5.73 Å². The van der Waals surface area contributed by atoms with E-state index in [1.807, 2.05) is 20.0 Å². The number of anilines is 1. The normalized spacial score (nSPS) is 12.3. The monoisotopic (exact) mass is 208 g/mol. The molecule has 1 rings (SSSR count). The van der Waals surface area contributed by atoms with Gasteiger partial charge in [-0.1, -0.05) is 18.2 Å². The molecule has 1 aromatic rings. The highest BCUT2D eigenvalue weighted by Gasteiger charge is 2.14. The predicted octanol–water partition coefficient (Wildman–Crippen LogP) is 2.47. The molecule has 0 aliphatic carbocycles. The van der Waals surface area contributed by atoms with E-state index in [0.29, 0.717) is 12.2 Å². The molecule has 0 spiro atoms. The number of hydrogen-bond donors (Lipinski definition) is 1. The van der Waals surface area contributed by atoms with Gasteiger partial charge < -0.3 is 10.6 Å². The van der Waals surface area contributed by atoms with Crippen molar-refractivity contribution in [2.45, 2.75) is 13.0 Å². The number of likely N-dealkylation sites (N-methyl/N-ethyl adjacent to an activating group) is 1. The number of hydrogen-bond acceptors (Lipinski definition) is 2. The van der Waals surface area contributed by atoms with E-state index in [9.17, 15) is 4.39 Å². The zero-order valence-electron chi connectivity index (χ0n) is 9.20. The topological polar surface area (TPSA) is 29.3 Å². The summed E-state index contributed by atoms with van der Waals surface area (Å²) >= 11 is 0. The molecular weight excluding hydrogens is 191 g/mol. The second kappa shape index (κ2) is 4.94. The van der Waals surface area contributed by atoms with Gasteiger partial charge in [0.15, 0.2) is 0 Å². The van der Waals surface area contributed by atoms with Gasteiger partial charge in [-0.05, 0) is 18.6 Å². The number of nitrogens with zero attached hydrogens (tertiary/aromatic N) is 1. The molecule has 0 aliphatic heterocycles. The van der Waals surface area contributed by atoms with Gasteiger partial charge in [-0.2, -0.15) is 0 Å². The van der Waals surface area contributed by atoms with Crippen molar-refractivity contribution >= 4 is 5.69 Å². The Balaban J connectivity index is 3.17. The smallest absolute Gasteiger partial charge is 0.146 e. The van der Waals surface area contributed by atoms with Gasteiger partial charge in [-0.25, -0.2) is 4.39 Å². The zero-order chi connectivity index (χ0) is 11.4. The van der Waals surface area contributed by atoms with E-state index in [-0.39, 0.29) is 11.9 Å². The van der Waals surface area contributed by atoms with Crippen LogP contribution in [0.25, 0.3) is 0 Å². The average molecular weight is 208 g/mol. The zero-order valence-corrected chi connectivity index (χ0v) is 9.20. The van der Waals surface area contributed by atoms with Crippen molar-refractivity contribution < 1.29 is 4.39 Å². The highest BCUT2D eigenvalue weighted by Crippen LogP contribution is 2.27. The first kappa shape index (κ1) is 11.7. The molecule has 2 N–H and O–H groups in total. The third-order valence-electron chi connectivity index (χ3n) is 2.29. The molecule has 0 fully saturated rings. The van der Waals surface area contributed by atoms with Gasteiger partial charge in [0.25, 0.3) is 0 Å². The van der Waals surface area contributed by atoms with E-state index in [1.165, 1.54) is 6.07 Å². The fourth-order valence-corrected chi connectivity index (χ4v) is 1.59. The summed E-state index contributed by atoms with van der Waals surface area (Å²) in [6.45, 7) is 6.08. The highest BCUT2D eigenvalue weighted by molar-refractivity contribution is 5.55. The van der Waals surface area contributed by atoms with Crippen LogP contribution in [0.3, 0.4) is 0 Å². The predicted molar refractivity (Wildman–Crippen MR) is 62.5 cm³/mol. The maximum absolute atomic E-state index is 13.7. The molecule has 15 heavy (non-hydrogen) atoms. The van der Waals surface area contributed by atoms with Gasteiger partial charge in [-0.15, -0.1) is 6.58 Å². The summed E-state index contributed by atoms with van der Waals surface area (Å²) in [6.07, 6.45) is 1.73. The molecule has 0 radical (unpaired) electrons. The molecule has 82 valence electrons. The van der Waals surface area contributed by atoms with E-state index in [2.05, 4.69) is 6.58 Å². The maximum atomic E-state index is 13.7. The first-order valence-corrected chi connectivity index (χ1v) is 4.94. The Morgan fingerprint density at radius 2 is 2.27 bits per heavy atom. The first-order valence-electron chi connectivity index (χ1n) is 4.94. The second-order valence-corrected chi connectivity index (χ2v) is 3.64. The number of benzene rings is 1. The van der Waals surface area contributed by atoms with Crippen LogP contribution >= 0.6 is 0 Å². The highest BCUT2D eigenvalue weighted by atomic mass is 19.1. The van der Waals surface area contributed by atoms with E-state index in [4.69, 9.17) is 5.73 Å². The van der Waals surface area contributed by atoms with Gasteiger partial charge in [0.1, 0.15) is 5.82 Å². The Morgan fingerprint density at radius 3 is 2.80 bits per heavy atom. The minimum Gasteiger partial charge on any atom is -0.368 e. The van der Waals surface area contributed by atoms with Crippen LogP contribution in [0.5, 0.6) is 0 Å². The lowest BCUT2D eigenvalue weighted by molar-refractivity contribution is 0.619. The number of nitrogens with two attached hydrogens (primary N) is 1. The fourth-order valence-electron chi connectivity index (χ4n) is 1.59. The van der Waals surface area contributed by atoms with E-state index in [1.54, 1.807) is 17.0 Å². The Bertz CT molecular complexity index is 347. The molecule has 0 aromatic heterocycles. The summed E-state index contributed by atoms with van der Waals surface area (Å²) in [5.41, 5.74) is 7.18. The summed E-state index contributed by atoms with van der Waals surface area (Å²) in [5.74, 6) is -0.242. The summed E-state index contributed by atoms with van der Waals surface area (Å²) in [7, 11) is 1.83. The summed E-state index contributed by atoms with van der Waals surface area (Å²) < 4.78 is 13.7. The Kier molecular flexibility index (Phi) is 3.86. The van der Waals surface area contributed by atoms with Crippen LogP contribution in [-0.4, -0.2) is 13.6 Å².